The summed E-state index contributed by atoms with van der Waals surface area (Å²) in [6.07, 6.45) is 25.7. The Bertz CT molecular complexity index is 984. The van der Waals surface area contributed by atoms with Gasteiger partial charge in [-0.15, -0.1) is 0 Å². The smallest absolute Gasteiger partial charge is 0.397 e. The molecule has 12 nitrogen and oxygen atoms in total. The zero-order chi connectivity index (χ0) is 40.4. The van der Waals surface area contributed by atoms with Gasteiger partial charge in [0, 0.05) is 13.0 Å². The normalized spacial score (nSPS) is 20.9. The molecule has 1 fully saturated rings. The van der Waals surface area contributed by atoms with Gasteiger partial charge in [-0.3, -0.25) is 9.35 Å². The van der Waals surface area contributed by atoms with E-state index in [0.29, 0.717) is 13.0 Å². The third-order valence-corrected chi connectivity index (χ3v) is 10.9. The minimum atomic E-state index is -5.05. The van der Waals surface area contributed by atoms with Crippen LogP contribution < -0.4 is 0 Å². The van der Waals surface area contributed by atoms with Crippen molar-refractivity contribution in [3.8, 4) is 0 Å². The summed E-state index contributed by atoms with van der Waals surface area (Å²) in [5, 5.41) is 30.6. The molecule has 1 rings (SSSR count). The Morgan fingerprint density at radius 3 is 1.45 bits per heavy atom. The Kier molecular flexibility index (Phi) is 33.2. The molecule has 0 radical (unpaired) electrons. The predicted molar refractivity (Wildman–Crippen MR) is 216 cm³/mol. The molecule has 6 atom stereocenters. The molecule has 328 valence electrons. The summed E-state index contributed by atoms with van der Waals surface area (Å²) >= 11 is 0. The Hall–Kier alpha value is -0.900. The maximum Gasteiger partial charge on any atom is 0.397 e. The number of esters is 1. The summed E-state index contributed by atoms with van der Waals surface area (Å²) < 4.78 is 59.0. The molecule has 0 spiro atoms. The molecule has 1 heterocycles. The van der Waals surface area contributed by atoms with Crippen molar-refractivity contribution in [3.05, 3.63) is 0 Å². The molecule has 0 aliphatic carbocycles. The second-order valence-electron chi connectivity index (χ2n) is 15.7. The monoisotopic (exact) mass is 811 g/mol. The number of carbonyl (C=O) groups excluding carboxylic acids is 1. The quantitative estimate of drug-likeness (QED) is 0.0264. The molecule has 4 N–H and O–H groups in total. The maximum absolute atomic E-state index is 12.8. The average molecular weight is 811 g/mol. The lowest BCUT2D eigenvalue weighted by atomic mass is 9.99. The van der Waals surface area contributed by atoms with Crippen LogP contribution in [0.2, 0.25) is 0 Å². The summed E-state index contributed by atoms with van der Waals surface area (Å²) in [6.45, 7) is 4.01. The lowest BCUT2D eigenvalue weighted by molar-refractivity contribution is -0.301. The second kappa shape index (κ2) is 35.1. The van der Waals surface area contributed by atoms with Crippen LogP contribution in [0.25, 0.3) is 0 Å². The Morgan fingerprint density at radius 2 is 1.04 bits per heavy atom. The van der Waals surface area contributed by atoms with Crippen molar-refractivity contribution in [2.45, 2.75) is 237 Å². The highest BCUT2D eigenvalue weighted by molar-refractivity contribution is 7.80. The maximum atomic E-state index is 12.8. The van der Waals surface area contributed by atoms with Gasteiger partial charge < -0.3 is 34.3 Å². The van der Waals surface area contributed by atoms with Crippen LogP contribution in [0.5, 0.6) is 0 Å². The van der Waals surface area contributed by atoms with Crippen LogP contribution in [0.15, 0.2) is 0 Å². The lowest BCUT2D eigenvalue weighted by Gasteiger charge is -2.41. The van der Waals surface area contributed by atoms with Crippen molar-refractivity contribution >= 4 is 16.4 Å². The van der Waals surface area contributed by atoms with Crippen molar-refractivity contribution in [2.75, 3.05) is 26.4 Å². The fourth-order valence-corrected chi connectivity index (χ4v) is 7.59. The molecule has 55 heavy (non-hydrogen) atoms. The lowest BCUT2D eigenvalue weighted by Crippen LogP contribution is -2.60. The second-order valence-corrected chi connectivity index (χ2v) is 16.7. The Labute approximate surface area is 335 Å². The Balaban J connectivity index is 2.41. The minimum Gasteiger partial charge on any atom is -0.457 e. The first kappa shape index (κ1) is 52.1. The molecule has 0 bridgehead atoms. The van der Waals surface area contributed by atoms with Gasteiger partial charge in [-0.1, -0.05) is 181 Å². The number of hydrogen-bond donors (Lipinski definition) is 4. The third kappa shape index (κ3) is 29.0. The molecule has 0 aromatic carbocycles. The van der Waals surface area contributed by atoms with Crippen LogP contribution in [-0.4, -0.2) is 97.5 Å². The number of aliphatic hydroxyl groups is 3. The minimum absolute atomic E-state index is 0.0440. The van der Waals surface area contributed by atoms with E-state index in [1.807, 2.05) is 0 Å². The van der Waals surface area contributed by atoms with Gasteiger partial charge in [-0.25, -0.2) is 4.18 Å². The SMILES string of the molecule is CCCCCCCCCCCCCCCCCCCC(=O)OC(COCCCCCCCCCCCCC)COC1OC(CO)C(O)C(OS(=O)(=O)O)C1O. The van der Waals surface area contributed by atoms with E-state index in [1.54, 1.807) is 0 Å². The molecule has 0 aromatic rings. The zero-order valence-corrected chi connectivity index (χ0v) is 35.6. The van der Waals surface area contributed by atoms with Crippen molar-refractivity contribution in [1.82, 2.24) is 0 Å². The van der Waals surface area contributed by atoms with E-state index in [9.17, 15) is 28.5 Å². The summed E-state index contributed by atoms with van der Waals surface area (Å²) in [5.74, 6) is -0.394. The molecule has 0 saturated carbocycles. The summed E-state index contributed by atoms with van der Waals surface area (Å²) in [6, 6.07) is 0. The van der Waals surface area contributed by atoms with Crippen LogP contribution in [-0.2, 0) is 38.3 Å². The summed E-state index contributed by atoms with van der Waals surface area (Å²) in [5.41, 5.74) is 0. The highest BCUT2D eigenvalue weighted by Gasteiger charge is 2.48. The summed E-state index contributed by atoms with van der Waals surface area (Å²) in [4.78, 5) is 12.8. The highest BCUT2D eigenvalue weighted by Crippen LogP contribution is 2.26. The standard InChI is InChI=1S/C42H82O12S/c1-3-5-7-9-11-13-15-16-17-18-19-20-21-23-25-27-29-31-38(44)52-36(34-50-32-30-28-26-24-22-14-12-10-8-6-4-2)35-51-42-40(46)41(54-55(47,48)49)39(45)37(33-43)53-42/h36-37,39-43,45-46H,3-35H2,1-2H3,(H,47,48,49). The number of rotatable bonds is 39. The van der Waals surface area contributed by atoms with Crippen LogP contribution in [0.1, 0.15) is 200 Å². The van der Waals surface area contributed by atoms with Gasteiger partial charge in [0.15, 0.2) is 6.29 Å². The van der Waals surface area contributed by atoms with Gasteiger partial charge in [-0.05, 0) is 12.8 Å². The first-order chi connectivity index (χ1) is 26.6. The van der Waals surface area contributed by atoms with Crippen LogP contribution in [0.4, 0.5) is 0 Å². The van der Waals surface area contributed by atoms with Gasteiger partial charge in [-0.2, -0.15) is 8.42 Å². The summed E-state index contributed by atoms with van der Waals surface area (Å²) in [7, 11) is -5.05. The van der Waals surface area contributed by atoms with Crippen LogP contribution in [0.3, 0.4) is 0 Å². The van der Waals surface area contributed by atoms with E-state index in [0.717, 1.165) is 38.5 Å². The number of aliphatic hydroxyl groups excluding tert-OH is 3. The van der Waals surface area contributed by atoms with E-state index in [-0.39, 0.29) is 19.6 Å². The topological polar surface area (TPSA) is 178 Å². The third-order valence-electron chi connectivity index (χ3n) is 10.5. The largest absolute Gasteiger partial charge is 0.457 e. The van der Waals surface area contributed by atoms with Crippen molar-refractivity contribution in [1.29, 1.82) is 0 Å². The average Bonchev–Trinajstić information content (AvgIpc) is 3.15. The van der Waals surface area contributed by atoms with Crippen molar-refractivity contribution in [3.63, 3.8) is 0 Å². The van der Waals surface area contributed by atoms with Crippen LogP contribution in [0, 0.1) is 0 Å². The Morgan fingerprint density at radius 1 is 0.618 bits per heavy atom. The van der Waals surface area contributed by atoms with Crippen molar-refractivity contribution in [2.24, 2.45) is 0 Å². The van der Waals surface area contributed by atoms with Gasteiger partial charge in [0.2, 0.25) is 0 Å². The zero-order valence-electron chi connectivity index (χ0n) is 34.8. The molecule has 1 aliphatic heterocycles. The van der Waals surface area contributed by atoms with Crippen molar-refractivity contribution < 1.29 is 56.2 Å². The molecule has 13 heteroatoms. The first-order valence-electron chi connectivity index (χ1n) is 22.3. The number of hydrogen-bond acceptors (Lipinski definition) is 11. The fraction of sp³-hybridized carbons (Fsp3) is 0.976. The molecule has 0 amide bonds. The van der Waals surface area contributed by atoms with Gasteiger partial charge in [0.25, 0.3) is 0 Å². The molecule has 6 unspecified atom stereocenters. The first-order valence-corrected chi connectivity index (χ1v) is 23.7. The molecule has 0 aromatic heterocycles. The number of unbranched alkanes of at least 4 members (excludes halogenated alkanes) is 26. The number of ether oxygens (including phenoxy) is 4. The molecular formula is C42H82O12S. The fourth-order valence-electron chi connectivity index (χ4n) is 7.09. The molecular weight excluding hydrogens is 729 g/mol. The van der Waals surface area contributed by atoms with E-state index < -0.39 is 59.8 Å². The highest BCUT2D eigenvalue weighted by atomic mass is 32.3. The van der Waals surface area contributed by atoms with Gasteiger partial charge in [0.1, 0.15) is 30.5 Å². The van der Waals surface area contributed by atoms with E-state index in [1.165, 1.54) is 135 Å². The molecule has 1 aliphatic rings. The van der Waals surface area contributed by atoms with Gasteiger partial charge >= 0.3 is 16.4 Å². The van der Waals surface area contributed by atoms with E-state index in [2.05, 4.69) is 18.0 Å². The number of carbonyl (C=O) groups is 1. The van der Waals surface area contributed by atoms with E-state index >= 15 is 0 Å². The van der Waals surface area contributed by atoms with Crippen LogP contribution >= 0.6 is 0 Å². The molecule has 1 saturated heterocycles. The van der Waals surface area contributed by atoms with Gasteiger partial charge in [0.05, 0.1) is 19.8 Å². The van der Waals surface area contributed by atoms with E-state index in [4.69, 9.17) is 23.5 Å². The predicted octanol–water partition coefficient (Wildman–Crippen LogP) is 8.91.